The van der Waals surface area contributed by atoms with Crippen LogP contribution in [0.1, 0.15) is 11.1 Å². The first-order chi connectivity index (χ1) is 9.17. The summed E-state index contributed by atoms with van der Waals surface area (Å²) in [4.78, 5) is 6.80. The maximum Gasteiger partial charge on any atom is 0.424 e. The molecular formula is C8H2ClF6NO4S. The summed E-state index contributed by atoms with van der Waals surface area (Å²) < 4.78 is 98.0. The molecule has 118 valence electrons. The highest BCUT2D eigenvalue weighted by Crippen LogP contribution is 2.47. The van der Waals surface area contributed by atoms with Gasteiger partial charge in [0.25, 0.3) is 14.7 Å². The van der Waals surface area contributed by atoms with Crippen LogP contribution in [0.4, 0.5) is 32.0 Å². The molecule has 0 aliphatic rings. The van der Waals surface area contributed by atoms with Gasteiger partial charge in [0.1, 0.15) is 10.5 Å². The molecule has 0 N–H and O–H groups in total. The molecule has 1 rings (SSSR count). The molecule has 0 fully saturated rings. The second-order valence-corrected chi connectivity index (χ2v) is 6.06. The lowest BCUT2D eigenvalue weighted by molar-refractivity contribution is -0.391. The fraction of sp³-hybridized carbons (Fsp3) is 0.250. The van der Waals surface area contributed by atoms with Gasteiger partial charge < -0.3 is 0 Å². The van der Waals surface area contributed by atoms with Crippen molar-refractivity contribution in [2.24, 2.45) is 0 Å². The lowest BCUT2D eigenvalue weighted by Crippen LogP contribution is -2.18. The molecule has 0 spiro atoms. The SMILES string of the molecule is O=[N+]([O-])c1c(C(F)(F)F)ccc(S(=O)(=O)Cl)c1C(F)(F)F. The lowest BCUT2D eigenvalue weighted by atomic mass is 10.1. The summed E-state index contributed by atoms with van der Waals surface area (Å²) in [5.74, 6) is 0. The Morgan fingerprint density at radius 1 is 1.05 bits per heavy atom. The van der Waals surface area contributed by atoms with Crippen LogP contribution in [-0.4, -0.2) is 13.3 Å². The number of hydrogen-bond donors (Lipinski definition) is 0. The van der Waals surface area contributed by atoms with Crippen LogP contribution in [-0.2, 0) is 21.4 Å². The standard InChI is InChI=1S/C8H2ClF6NO4S/c9-21(19,20)4-2-1-3(7(10,11)12)6(16(17)18)5(4)8(13,14)15/h1-2H. The molecule has 0 aliphatic carbocycles. The minimum atomic E-state index is -5.74. The lowest BCUT2D eigenvalue weighted by Gasteiger charge is -2.15. The fourth-order valence-corrected chi connectivity index (χ4v) is 2.54. The Hall–Kier alpha value is -1.56. The van der Waals surface area contributed by atoms with Crippen molar-refractivity contribution in [3.8, 4) is 0 Å². The molecule has 13 heteroatoms. The Labute approximate surface area is 116 Å². The van der Waals surface area contributed by atoms with E-state index < -0.39 is 48.0 Å². The van der Waals surface area contributed by atoms with E-state index in [0.717, 1.165) is 0 Å². The molecule has 0 saturated heterocycles. The van der Waals surface area contributed by atoms with Gasteiger partial charge in [0.05, 0.1) is 4.92 Å². The van der Waals surface area contributed by atoms with Crippen molar-refractivity contribution in [1.29, 1.82) is 0 Å². The Morgan fingerprint density at radius 3 is 1.81 bits per heavy atom. The number of rotatable bonds is 2. The minimum Gasteiger partial charge on any atom is -0.258 e. The van der Waals surface area contributed by atoms with Gasteiger partial charge in [-0.3, -0.25) is 10.1 Å². The normalized spacial score (nSPS) is 13.3. The molecule has 0 bridgehead atoms. The summed E-state index contributed by atoms with van der Waals surface area (Å²) in [7, 11) is -0.473. The molecule has 0 aliphatic heterocycles. The molecule has 5 nitrogen and oxygen atoms in total. The van der Waals surface area contributed by atoms with E-state index in [2.05, 4.69) is 10.7 Å². The third-order valence-corrected chi connectivity index (χ3v) is 3.54. The highest BCUT2D eigenvalue weighted by molar-refractivity contribution is 8.13. The molecule has 1 aromatic carbocycles. The quantitative estimate of drug-likeness (QED) is 0.351. The molecule has 0 heterocycles. The van der Waals surface area contributed by atoms with E-state index in [-0.39, 0.29) is 12.1 Å². The Kier molecular flexibility index (Phi) is 4.18. The number of halogens is 7. The minimum absolute atomic E-state index is 0.0824. The van der Waals surface area contributed by atoms with Crippen LogP contribution < -0.4 is 0 Å². The molecule has 0 amide bonds. The summed E-state index contributed by atoms with van der Waals surface area (Å²) in [5.41, 5.74) is -7.22. The van der Waals surface area contributed by atoms with Gasteiger partial charge in [0, 0.05) is 10.7 Å². The zero-order valence-electron chi connectivity index (χ0n) is 9.29. The smallest absolute Gasteiger partial charge is 0.258 e. The number of nitro groups is 1. The Morgan fingerprint density at radius 2 is 1.52 bits per heavy atom. The molecule has 0 aromatic heterocycles. The average Bonchev–Trinajstić information content (AvgIpc) is 2.23. The van der Waals surface area contributed by atoms with Crippen LogP contribution in [0, 0.1) is 10.1 Å². The van der Waals surface area contributed by atoms with Crippen molar-refractivity contribution in [2.75, 3.05) is 0 Å². The van der Waals surface area contributed by atoms with Crippen molar-refractivity contribution in [2.45, 2.75) is 17.2 Å². The van der Waals surface area contributed by atoms with E-state index in [9.17, 15) is 44.9 Å². The van der Waals surface area contributed by atoms with Crippen molar-refractivity contribution in [3.05, 3.63) is 33.4 Å². The van der Waals surface area contributed by atoms with Crippen molar-refractivity contribution in [1.82, 2.24) is 0 Å². The maximum atomic E-state index is 12.8. The Balaban J connectivity index is 4.04. The van der Waals surface area contributed by atoms with E-state index in [4.69, 9.17) is 0 Å². The highest BCUT2D eigenvalue weighted by Gasteiger charge is 2.50. The largest absolute Gasteiger partial charge is 0.424 e. The first-order valence-corrected chi connectivity index (χ1v) is 6.88. The number of nitro benzene ring substituents is 1. The number of hydrogen-bond acceptors (Lipinski definition) is 4. The third kappa shape index (κ3) is 3.56. The molecule has 0 unspecified atom stereocenters. The molecule has 21 heavy (non-hydrogen) atoms. The number of benzene rings is 1. The summed E-state index contributed by atoms with van der Waals surface area (Å²) in [6.07, 6.45) is -11.2. The summed E-state index contributed by atoms with van der Waals surface area (Å²) >= 11 is 0. The van der Waals surface area contributed by atoms with E-state index >= 15 is 0 Å². The van der Waals surface area contributed by atoms with Crippen LogP contribution in [0.3, 0.4) is 0 Å². The van der Waals surface area contributed by atoms with E-state index in [1.165, 1.54) is 0 Å². The summed E-state index contributed by atoms with van der Waals surface area (Å²) in [5, 5.41) is 10.6. The average molecular weight is 358 g/mol. The monoisotopic (exact) mass is 357 g/mol. The molecule has 0 saturated carbocycles. The van der Waals surface area contributed by atoms with Crippen molar-refractivity contribution >= 4 is 25.4 Å². The van der Waals surface area contributed by atoms with Gasteiger partial charge >= 0.3 is 12.4 Å². The number of alkyl halides is 6. The second kappa shape index (κ2) is 5.02. The molecule has 1 aromatic rings. The highest BCUT2D eigenvalue weighted by atomic mass is 35.7. The van der Waals surface area contributed by atoms with Crippen LogP contribution in [0.25, 0.3) is 0 Å². The zero-order chi connectivity index (χ0) is 16.8. The van der Waals surface area contributed by atoms with Gasteiger partial charge in [-0.2, -0.15) is 26.3 Å². The van der Waals surface area contributed by atoms with E-state index in [1.807, 2.05) is 0 Å². The van der Waals surface area contributed by atoms with Crippen LogP contribution in [0.5, 0.6) is 0 Å². The summed E-state index contributed by atoms with van der Waals surface area (Å²) in [6.45, 7) is 0. The maximum absolute atomic E-state index is 12.8. The van der Waals surface area contributed by atoms with Crippen molar-refractivity contribution < 1.29 is 39.7 Å². The van der Waals surface area contributed by atoms with Gasteiger partial charge in [0.15, 0.2) is 5.56 Å². The van der Waals surface area contributed by atoms with Gasteiger partial charge in [0.2, 0.25) is 0 Å². The van der Waals surface area contributed by atoms with Crippen LogP contribution in [0.15, 0.2) is 17.0 Å². The molecule has 0 atom stereocenters. The summed E-state index contributed by atoms with van der Waals surface area (Å²) in [6, 6.07) is -0.233. The van der Waals surface area contributed by atoms with Crippen molar-refractivity contribution in [3.63, 3.8) is 0 Å². The Bertz CT molecular complexity index is 696. The van der Waals surface area contributed by atoms with Crippen LogP contribution in [0.2, 0.25) is 0 Å². The second-order valence-electron chi connectivity index (χ2n) is 3.53. The number of nitrogens with zero attached hydrogens (tertiary/aromatic N) is 1. The molecule has 0 radical (unpaired) electrons. The third-order valence-electron chi connectivity index (χ3n) is 2.17. The van der Waals surface area contributed by atoms with Gasteiger partial charge in [-0.05, 0) is 12.1 Å². The first kappa shape index (κ1) is 17.5. The predicted molar refractivity (Wildman–Crippen MR) is 56.1 cm³/mol. The van der Waals surface area contributed by atoms with Gasteiger partial charge in [-0.25, -0.2) is 8.42 Å². The first-order valence-electron chi connectivity index (χ1n) is 4.58. The predicted octanol–water partition coefficient (Wildman–Crippen LogP) is 3.56. The topological polar surface area (TPSA) is 77.3 Å². The van der Waals surface area contributed by atoms with Crippen LogP contribution >= 0.6 is 10.7 Å². The van der Waals surface area contributed by atoms with Gasteiger partial charge in [-0.15, -0.1) is 0 Å². The zero-order valence-corrected chi connectivity index (χ0v) is 10.9. The van der Waals surface area contributed by atoms with E-state index in [0.29, 0.717) is 0 Å². The fourth-order valence-electron chi connectivity index (χ4n) is 1.47. The van der Waals surface area contributed by atoms with Gasteiger partial charge in [-0.1, -0.05) is 0 Å². The molecular weight excluding hydrogens is 356 g/mol. The van der Waals surface area contributed by atoms with E-state index in [1.54, 1.807) is 0 Å².